The molecular formula is C18H23NO3S2. The van der Waals surface area contributed by atoms with Crippen molar-refractivity contribution < 1.29 is 13.2 Å². The van der Waals surface area contributed by atoms with Crippen LogP contribution in [0.5, 0.6) is 0 Å². The fourth-order valence-electron chi connectivity index (χ4n) is 3.22. The third-order valence-electron chi connectivity index (χ3n) is 4.53. The molecule has 6 heteroatoms. The molecule has 1 saturated heterocycles. The lowest BCUT2D eigenvalue weighted by atomic mass is 10.1. The number of benzene rings is 1. The van der Waals surface area contributed by atoms with Gasteiger partial charge in [0.1, 0.15) is 0 Å². The van der Waals surface area contributed by atoms with E-state index in [1.165, 1.54) is 15.9 Å². The Kier molecular flexibility index (Phi) is 5.35. The summed E-state index contributed by atoms with van der Waals surface area (Å²) in [5.41, 5.74) is 1.27. The molecule has 1 aromatic rings. The number of piperidine rings is 1. The van der Waals surface area contributed by atoms with Crippen LogP contribution in [0.2, 0.25) is 0 Å². The minimum absolute atomic E-state index is 0.0818. The Labute approximate surface area is 148 Å². The predicted molar refractivity (Wildman–Crippen MR) is 97.7 cm³/mol. The van der Waals surface area contributed by atoms with Gasteiger partial charge >= 0.3 is 0 Å². The van der Waals surface area contributed by atoms with Crippen LogP contribution in [0.1, 0.15) is 24.8 Å². The molecule has 1 atom stereocenters. The van der Waals surface area contributed by atoms with Crippen LogP contribution >= 0.6 is 11.8 Å². The SMILES string of the molecule is Cc1cccc(SC2CCN(C(=O)C[C@H]3C=CS(=O)(=O)C3)CC2)c1. The van der Waals surface area contributed by atoms with E-state index in [4.69, 9.17) is 0 Å². The van der Waals surface area contributed by atoms with Crippen LogP contribution in [-0.2, 0) is 14.6 Å². The van der Waals surface area contributed by atoms with Crippen molar-refractivity contribution in [2.75, 3.05) is 18.8 Å². The number of hydrogen-bond donors (Lipinski definition) is 0. The Balaban J connectivity index is 1.46. The summed E-state index contributed by atoms with van der Waals surface area (Å²) in [6.07, 6.45) is 3.95. The number of carbonyl (C=O) groups excluding carboxylic acids is 1. The number of rotatable bonds is 4. The molecule has 1 amide bonds. The van der Waals surface area contributed by atoms with Gasteiger partial charge in [-0.15, -0.1) is 11.8 Å². The first-order valence-electron chi connectivity index (χ1n) is 8.33. The average molecular weight is 366 g/mol. The Morgan fingerprint density at radius 2 is 2.04 bits per heavy atom. The molecule has 2 heterocycles. The zero-order valence-corrected chi connectivity index (χ0v) is 15.5. The molecule has 0 bridgehead atoms. The number of carbonyl (C=O) groups is 1. The second kappa shape index (κ2) is 7.31. The van der Waals surface area contributed by atoms with Crippen molar-refractivity contribution in [2.45, 2.75) is 36.3 Å². The third-order valence-corrected chi connectivity index (χ3v) is 7.32. The normalized spacial score (nSPS) is 23.5. The van der Waals surface area contributed by atoms with Crippen molar-refractivity contribution in [3.8, 4) is 0 Å². The fraction of sp³-hybridized carbons (Fsp3) is 0.500. The molecule has 2 aliphatic heterocycles. The summed E-state index contributed by atoms with van der Waals surface area (Å²) in [6, 6.07) is 8.53. The van der Waals surface area contributed by atoms with Crippen LogP contribution in [0.4, 0.5) is 0 Å². The van der Waals surface area contributed by atoms with Gasteiger partial charge in [0, 0.05) is 41.0 Å². The highest BCUT2D eigenvalue weighted by atomic mass is 32.2. The predicted octanol–water partition coefficient (Wildman–Crippen LogP) is 3.03. The molecule has 24 heavy (non-hydrogen) atoms. The standard InChI is InChI=1S/C18H23NO3S2/c1-14-3-2-4-17(11-14)23-16-5-8-19(9-6-16)18(20)12-15-7-10-24(21,22)13-15/h2-4,7,10-11,15-16H,5-6,8-9,12-13H2,1H3/t15-/m1/s1. The number of sulfone groups is 1. The van der Waals surface area contributed by atoms with Crippen molar-refractivity contribution in [3.05, 3.63) is 41.3 Å². The Morgan fingerprint density at radius 1 is 1.29 bits per heavy atom. The second-order valence-corrected chi connectivity index (χ2v) is 9.94. The maximum Gasteiger partial charge on any atom is 0.223 e. The van der Waals surface area contributed by atoms with Crippen molar-refractivity contribution in [3.63, 3.8) is 0 Å². The van der Waals surface area contributed by atoms with Crippen LogP contribution in [0, 0.1) is 12.8 Å². The van der Waals surface area contributed by atoms with Crippen molar-refractivity contribution in [2.24, 2.45) is 5.92 Å². The highest BCUT2D eigenvalue weighted by Crippen LogP contribution is 2.31. The lowest BCUT2D eigenvalue weighted by Crippen LogP contribution is -2.40. The van der Waals surface area contributed by atoms with Gasteiger partial charge in [0.2, 0.25) is 5.91 Å². The molecule has 0 saturated carbocycles. The van der Waals surface area contributed by atoms with E-state index >= 15 is 0 Å². The number of amides is 1. The van der Waals surface area contributed by atoms with Gasteiger partial charge in [-0.2, -0.15) is 0 Å². The molecule has 1 fully saturated rings. The zero-order valence-electron chi connectivity index (χ0n) is 13.8. The van der Waals surface area contributed by atoms with Crippen LogP contribution < -0.4 is 0 Å². The monoisotopic (exact) mass is 365 g/mol. The molecule has 3 rings (SSSR count). The van der Waals surface area contributed by atoms with Crippen LogP contribution in [0.25, 0.3) is 0 Å². The van der Waals surface area contributed by atoms with E-state index in [9.17, 15) is 13.2 Å². The number of thioether (sulfide) groups is 1. The van der Waals surface area contributed by atoms with E-state index in [0.29, 0.717) is 11.7 Å². The minimum Gasteiger partial charge on any atom is -0.343 e. The molecule has 130 valence electrons. The van der Waals surface area contributed by atoms with Gasteiger partial charge in [0.25, 0.3) is 0 Å². The van der Waals surface area contributed by atoms with Gasteiger partial charge in [0.15, 0.2) is 9.84 Å². The molecule has 2 aliphatic rings. The summed E-state index contributed by atoms with van der Waals surface area (Å²) in [7, 11) is -3.07. The molecule has 0 radical (unpaired) electrons. The summed E-state index contributed by atoms with van der Waals surface area (Å²) >= 11 is 1.90. The Hall–Kier alpha value is -1.27. The number of likely N-dealkylation sites (tertiary alicyclic amines) is 1. The lowest BCUT2D eigenvalue weighted by molar-refractivity contribution is -0.132. The fourth-order valence-corrected chi connectivity index (χ4v) is 5.87. The quantitative estimate of drug-likeness (QED) is 0.823. The van der Waals surface area contributed by atoms with Gasteiger partial charge < -0.3 is 4.90 Å². The summed E-state index contributed by atoms with van der Waals surface area (Å²) in [4.78, 5) is 15.6. The highest BCUT2D eigenvalue weighted by Gasteiger charge is 2.28. The summed E-state index contributed by atoms with van der Waals surface area (Å²) in [6.45, 7) is 3.64. The minimum atomic E-state index is -3.07. The molecule has 0 aliphatic carbocycles. The molecule has 0 spiro atoms. The lowest BCUT2D eigenvalue weighted by Gasteiger charge is -2.32. The van der Waals surface area contributed by atoms with Gasteiger partial charge in [-0.25, -0.2) is 8.42 Å². The van der Waals surface area contributed by atoms with Gasteiger partial charge in [-0.3, -0.25) is 4.79 Å². The average Bonchev–Trinajstić information content (AvgIpc) is 2.87. The van der Waals surface area contributed by atoms with E-state index in [0.717, 1.165) is 25.9 Å². The van der Waals surface area contributed by atoms with Gasteiger partial charge in [-0.1, -0.05) is 23.8 Å². The number of nitrogens with zero attached hydrogens (tertiary/aromatic N) is 1. The van der Waals surface area contributed by atoms with E-state index in [1.54, 1.807) is 6.08 Å². The molecule has 0 unspecified atom stereocenters. The van der Waals surface area contributed by atoms with E-state index < -0.39 is 9.84 Å². The maximum atomic E-state index is 12.4. The molecule has 1 aromatic carbocycles. The molecule has 0 N–H and O–H groups in total. The molecule has 4 nitrogen and oxygen atoms in total. The van der Waals surface area contributed by atoms with Crippen LogP contribution in [-0.4, -0.2) is 43.3 Å². The van der Waals surface area contributed by atoms with Crippen molar-refractivity contribution in [1.29, 1.82) is 0 Å². The van der Waals surface area contributed by atoms with Crippen LogP contribution in [0.15, 0.2) is 40.6 Å². The van der Waals surface area contributed by atoms with Crippen molar-refractivity contribution in [1.82, 2.24) is 4.90 Å². The first-order valence-corrected chi connectivity index (χ1v) is 10.9. The van der Waals surface area contributed by atoms with E-state index in [1.807, 2.05) is 16.7 Å². The Morgan fingerprint density at radius 3 is 2.67 bits per heavy atom. The topological polar surface area (TPSA) is 54.5 Å². The second-order valence-electron chi connectivity index (χ2n) is 6.64. The van der Waals surface area contributed by atoms with Crippen molar-refractivity contribution >= 4 is 27.5 Å². The Bertz CT molecular complexity index is 734. The third kappa shape index (κ3) is 4.63. The number of aryl methyl sites for hydroxylation is 1. The summed E-state index contributed by atoms with van der Waals surface area (Å²) < 4.78 is 22.8. The summed E-state index contributed by atoms with van der Waals surface area (Å²) in [5.74, 6) is 0.0148. The number of hydrogen-bond acceptors (Lipinski definition) is 4. The number of allylic oxidation sites excluding steroid dienone is 1. The van der Waals surface area contributed by atoms with E-state index in [-0.39, 0.29) is 17.6 Å². The van der Waals surface area contributed by atoms with Gasteiger partial charge in [-0.05, 0) is 31.9 Å². The van der Waals surface area contributed by atoms with Crippen LogP contribution in [0.3, 0.4) is 0 Å². The molecule has 0 aromatic heterocycles. The largest absolute Gasteiger partial charge is 0.343 e. The first kappa shape index (κ1) is 17.5. The molecular weight excluding hydrogens is 342 g/mol. The smallest absolute Gasteiger partial charge is 0.223 e. The zero-order chi connectivity index (χ0) is 17.2. The first-order chi connectivity index (χ1) is 11.4. The maximum absolute atomic E-state index is 12.4. The van der Waals surface area contributed by atoms with Gasteiger partial charge in [0.05, 0.1) is 5.75 Å². The highest BCUT2D eigenvalue weighted by molar-refractivity contribution is 8.00. The summed E-state index contributed by atoms with van der Waals surface area (Å²) in [5, 5.41) is 1.79. The van der Waals surface area contributed by atoms with E-state index in [2.05, 4.69) is 31.2 Å².